The number of carbonyl (C=O) groups excluding carboxylic acids is 1. The molecule has 0 aromatic heterocycles. The molecule has 3 aromatic rings. The topological polar surface area (TPSA) is 75.7 Å². The molecule has 0 saturated carbocycles. The molecule has 1 aliphatic heterocycles. The first kappa shape index (κ1) is 22.3. The van der Waals surface area contributed by atoms with E-state index in [1.54, 1.807) is 42.5 Å². The smallest absolute Gasteiger partial charge is 0.255 e. The van der Waals surface area contributed by atoms with E-state index < -0.39 is 10.0 Å². The highest BCUT2D eigenvalue weighted by molar-refractivity contribution is 7.88. The van der Waals surface area contributed by atoms with E-state index in [9.17, 15) is 13.2 Å². The van der Waals surface area contributed by atoms with Gasteiger partial charge in [0.05, 0.1) is 11.4 Å². The predicted molar refractivity (Wildman–Crippen MR) is 126 cm³/mol. The van der Waals surface area contributed by atoms with Crippen LogP contribution in [0.3, 0.4) is 0 Å². The zero-order valence-corrected chi connectivity index (χ0v) is 18.9. The third-order valence-electron chi connectivity index (χ3n) is 5.18. The molecule has 1 saturated heterocycles. The maximum atomic E-state index is 12.8. The molecule has 0 atom stereocenters. The Balaban J connectivity index is 1.46. The molecule has 1 fully saturated rings. The van der Waals surface area contributed by atoms with Gasteiger partial charge in [0.2, 0.25) is 10.0 Å². The summed E-state index contributed by atoms with van der Waals surface area (Å²) in [5, 5.41) is 3.29. The number of benzene rings is 3. The second-order valence-electron chi connectivity index (χ2n) is 7.57. The SMILES string of the molecule is O=C(Nc1cc(Cl)ccc1Oc1ccccc1)c1ccc(CS(=O)(=O)N2CCCC2)cc1. The summed E-state index contributed by atoms with van der Waals surface area (Å²) in [4.78, 5) is 12.8. The van der Waals surface area contributed by atoms with E-state index in [4.69, 9.17) is 16.3 Å². The molecule has 3 aromatic carbocycles. The maximum Gasteiger partial charge on any atom is 0.255 e. The minimum Gasteiger partial charge on any atom is -0.455 e. The number of hydrogen-bond donors (Lipinski definition) is 1. The molecule has 1 amide bonds. The fourth-order valence-corrected chi connectivity index (χ4v) is 5.30. The molecule has 0 bridgehead atoms. The highest BCUT2D eigenvalue weighted by Gasteiger charge is 2.25. The first-order chi connectivity index (χ1) is 15.4. The molecular formula is C24H23ClN2O4S. The van der Waals surface area contributed by atoms with E-state index >= 15 is 0 Å². The monoisotopic (exact) mass is 470 g/mol. The van der Waals surface area contributed by atoms with Crippen LogP contribution in [-0.2, 0) is 15.8 Å². The lowest BCUT2D eigenvalue weighted by atomic mass is 10.1. The maximum absolute atomic E-state index is 12.8. The minimum atomic E-state index is -3.33. The van der Waals surface area contributed by atoms with Crippen LogP contribution in [0.25, 0.3) is 0 Å². The van der Waals surface area contributed by atoms with Crippen molar-refractivity contribution < 1.29 is 17.9 Å². The minimum absolute atomic E-state index is 0.0712. The Bertz CT molecular complexity index is 1190. The molecule has 1 N–H and O–H groups in total. The van der Waals surface area contributed by atoms with Crippen LogP contribution in [0.4, 0.5) is 5.69 Å². The van der Waals surface area contributed by atoms with Gasteiger partial charge in [-0.15, -0.1) is 0 Å². The number of anilines is 1. The standard InChI is InChI=1S/C24H23ClN2O4S/c25-20-12-13-23(31-21-6-2-1-3-7-21)22(16-20)26-24(28)19-10-8-18(9-11-19)17-32(29,30)27-14-4-5-15-27/h1-3,6-13,16H,4-5,14-15,17H2,(H,26,28). The molecule has 0 aliphatic carbocycles. The molecule has 0 radical (unpaired) electrons. The number of sulfonamides is 1. The second-order valence-corrected chi connectivity index (χ2v) is 9.97. The largest absolute Gasteiger partial charge is 0.455 e. The summed E-state index contributed by atoms with van der Waals surface area (Å²) in [5.74, 6) is 0.674. The molecule has 32 heavy (non-hydrogen) atoms. The summed E-state index contributed by atoms with van der Waals surface area (Å²) in [6, 6.07) is 20.8. The number of ether oxygens (including phenoxy) is 1. The Morgan fingerprint density at radius 1 is 0.969 bits per heavy atom. The molecule has 0 spiro atoms. The molecular weight excluding hydrogens is 448 g/mol. The summed E-state index contributed by atoms with van der Waals surface area (Å²) < 4.78 is 32.4. The number of hydrogen-bond acceptors (Lipinski definition) is 4. The second kappa shape index (κ2) is 9.73. The summed E-state index contributed by atoms with van der Waals surface area (Å²) in [5.41, 5.74) is 1.48. The highest BCUT2D eigenvalue weighted by Crippen LogP contribution is 2.32. The summed E-state index contributed by atoms with van der Waals surface area (Å²) in [6.45, 7) is 1.16. The number of para-hydroxylation sites is 1. The van der Waals surface area contributed by atoms with Crippen molar-refractivity contribution in [1.29, 1.82) is 0 Å². The summed E-state index contributed by atoms with van der Waals surface area (Å²) in [7, 11) is -3.33. The van der Waals surface area contributed by atoms with E-state index in [-0.39, 0.29) is 11.7 Å². The van der Waals surface area contributed by atoms with Crippen molar-refractivity contribution in [2.45, 2.75) is 18.6 Å². The lowest BCUT2D eigenvalue weighted by molar-refractivity contribution is 0.102. The Morgan fingerprint density at radius 2 is 1.66 bits per heavy atom. The van der Waals surface area contributed by atoms with Gasteiger partial charge >= 0.3 is 0 Å². The van der Waals surface area contributed by atoms with E-state index in [0.29, 0.717) is 46.4 Å². The number of amides is 1. The lowest BCUT2D eigenvalue weighted by Gasteiger charge is -2.15. The Hall–Kier alpha value is -2.87. The summed E-state index contributed by atoms with van der Waals surface area (Å²) >= 11 is 6.12. The van der Waals surface area contributed by atoms with Gasteiger partial charge in [0.25, 0.3) is 5.91 Å². The van der Waals surface area contributed by atoms with Crippen molar-refractivity contribution >= 4 is 33.2 Å². The first-order valence-electron chi connectivity index (χ1n) is 10.3. The van der Waals surface area contributed by atoms with Crippen molar-refractivity contribution in [2.75, 3.05) is 18.4 Å². The van der Waals surface area contributed by atoms with Gasteiger partial charge in [-0.2, -0.15) is 0 Å². The van der Waals surface area contributed by atoms with Gasteiger partial charge in [0, 0.05) is 23.7 Å². The average molecular weight is 471 g/mol. The van der Waals surface area contributed by atoms with Crippen molar-refractivity contribution in [3.63, 3.8) is 0 Å². The van der Waals surface area contributed by atoms with Crippen LogP contribution < -0.4 is 10.1 Å². The van der Waals surface area contributed by atoms with E-state index in [1.165, 1.54) is 4.31 Å². The van der Waals surface area contributed by atoms with Crippen molar-refractivity contribution in [3.05, 3.63) is 88.9 Å². The fraction of sp³-hybridized carbons (Fsp3) is 0.208. The van der Waals surface area contributed by atoms with Gasteiger partial charge in [0.15, 0.2) is 5.75 Å². The molecule has 1 aliphatic rings. The third kappa shape index (κ3) is 5.48. The van der Waals surface area contributed by atoms with Gasteiger partial charge in [-0.05, 0) is 60.9 Å². The Labute approximate surface area is 192 Å². The predicted octanol–water partition coefficient (Wildman–Crippen LogP) is 5.31. The number of rotatable bonds is 7. The zero-order valence-electron chi connectivity index (χ0n) is 17.3. The van der Waals surface area contributed by atoms with Crippen LogP contribution in [0.2, 0.25) is 5.02 Å². The molecule has 6 nitrogen and oxygen atoms in total. The van der Waals surface area contributed by atoms with Gasteiger partial charge in [-0.1, -0.05) is 41.9 Å². The third-order valence-corrected chi connectivity index (χ3v) is 7.27. The van der Waals surface area contributed by atoms with Crippen LogP contribution >= 0.6 is 11.6 Å². The van der Waals surface area contributed by atoms with Gasteiger partial charge in [-0.3, -0.25) is 4.79 Å². The normalized spacial score (nSPS) is 14.3. The Kier molecular flexibility index (Phi) is 6.79. The van der Waals surface area contributed by atoms with Gasteiger partial charge in [-0.25, -0.2) is 12.7 Å². The highest BCUT2D eigenvalue weighted by atomic mass is 35.5. The van der Waals surface area contributed by atoms with E-state index in [1.807, 2.05) is 30.3 Å². The van der Waals surface area contributed by atoms with Crippen molar-refractivity contribution in [2.24, 2.45) is 0 Å². The molecule has 0 unspecified atom stereocenters. The molecule has 4 rings (SSSR count). The lowest BCUT2D eigenvalue weighted by Crippen LogP contribution is -2.29. The first-order valence-corrected chi connectivity index (χ1v) is 12.3. The van der Waals surface area contributed by atoms with Crippen LogP contribution in [0, 0.1) is 0 Å². The van der Waals surface area contributed by atoms with Crippen LogP contribution in [0.5, 0.6) is 11.5 Å². The number of nitrogens with zero attached hydrogens (tertiary/aromatic N) is 1. The quantitative estimate of drug-likeness (QED) is 0.507. The Morgan fingerprint density at radius 3 is 2.34 bits per heavy atom. The number of carbonyl (C=O) groups is 1. The molecule has 166 valence electrons. The number of halogens is 1. The van der Waals surface area contributed by atoms with E-state index in [2.05, 4.69) is 5.32 Å². The zero-order chi connectivity index (χ0) is 22.6. The van der Waals surface area contributed by atoms with Gasteiger partial charge < -0.3 is 10.1 Å². The molecule has 1 heterocycles. The summed E-state index contributed by atoms with van der Waals surface area (Å²) in [6.07, 6.45) is 1.80. The van der Waals surface area contributed by atoms with Crippen molar-refractivity contribution in [3.8, 4) is 11.5 Å². The van der Waals surface area contributed by atoms with E-state index in [0.717, 1.165) is 12.8 Å². The number of nitrogens with one attached hydrogen (secondary N) is 1. The average Bonchev–Trinajstić information content (AvgIpc) is 3.33. The van der Waals surface area contributed by atoms with Gasteiger partial charge in [0.1, 0.15) is 5.75 Å². The fourth-order valence-electron chi connectivity index (χ4n) is 3.52. The van der Waals surface area contributed by atoms with Crippen LogP contribution in [0.1, 0.15) is 28.8 Å². The molecule has 8 heteroatoms. The van der Waals surface area contributed by atoms with Crippen molar-refractivity contribution in [1.82, 2.24) is 4.31 Å². The van der Waals surface area contributed by atoms with Crippen LogP contribution in [0.15, 0.2) is 72.8 Å². The van der Waals surface area contributed by atoms with Crippen LogP contribution in [-0.4, -0.2) is 31.7 Å².